The minimum Gasteiger partial charge on any atom is -0.444 e. The first-order chi connectivity index (χ1) is 7.69. The van der Waals surface area contributed by atoms with Gasteiger partial charge in [-0.15, -0.1) is 0 Å². The summed E-state index contributed by atoms with van der Waals surface area (Å²) in [5.41, 5.74) is -0.418. The molecular weight excluding hydrogens is 216 g/mol. The predicted octanol–water partition coefficient (Wildman–Crippen LogP) is 2.24. The van der Waals surface area contributed by atoms with Gasteiger partial charge in [0.1, 0.15) is 5.60 Å². The van der Waals surface area contributed by atoms with Crippen LogP contribution in [-0.4, -0.2) is 41.8 Å². The van der Waals surface area contributed by atoms with Gasteiger partial charge in [-0.1, -0.05) is 13.8 Å². The van der Waals surface area contributed by atoms with Crippen LogP contribution in [-0.2, 0) is 4.74 Å². The lowest BCUT2D eigenvalue weighted by atomic mass is 10.00. The van der Waals surface area contributed by atoms with Crippen molar-refractivity contribution in [3.05, 3.63) is 0 Å². The van der Waals surface area contributed by atoms with Gasteiger partial charge in [0.25, 0.3) is 0 Å². The fraction of sp³-hybridized carbons (Fsp3) is 0.923. The Morgan fingerprint density at radius 3 is 2.41 bits per heavy atom. The summed E-state index contributed by atoms with van der Waals surface area (Å²) in [5.74, 6) is 0.516. The Morgan fingerprint density at radius 1 is 1.35 bits per heavy atom. The normalized spacial score (nSPS) is 26.2. The molecule has 1 fully saturated rings. The molecule has 1 saturated heterocycles. The molecule has 1 aliphatic heterocycles. The first-order valence-corrected chi connectivity index (χ1v) is 6.43. The summed E-state index contributed by atoms with van der Waals surface area (Å²) < 4.78 is 5.41. The lowest BCUT2D eigenvalue weighted by molar-refractivity contribution is 0.0139. The van der Waals surface area contributed by atoms with E-state index in [0.29, 0.717) is 18.0 Å². The third-order valence-electron chi connectivity index (χ3n) is 2.87. The van der Waals surface area contributed by atoms with Crippen molar-refractivity contribution in [1.82, 2.24) is 10.2 Å². The first-order valence-electron chi connectivity index (χ1n) is 6.43. The van der Waals surface area contributed by atoms with Crippen LogP contribution in [0.15, 0.2) is 0 Å². The standard InChI is InChI=1S/C13H26N2O2/c1-9(2)11-8-15(7-10(3)14-11)12(16)17-13(4,5)6/h9-11,14H,7-8H2,1-6H3/t10?,11-/m0/s1. The highest BCUT2D eigenvalue weighted by Gasteiger charge is 2.31. The first kappa shape index (κ1) is 14.3. The van der Waals surface area contributed by atoms with E-state index in [1.807, 2.05) is 25.7 Å². The fourth-order valence-corrected chi connectivity index (χ4v) is 1.99. The molecule has 0 bridgehead atoms. The van der Waals surface area contributed by atoms with Gasteiger partial charge in [-0.05, 0) is 33.6 Å². The molecule has 0 spiro atoms. The predicted molar refractivity (Wildman–Crippen MR) is 69.0 cm³/mol. The average Bonchev–Trinajstić information content (AvgIpc) is 2.13. The van der Waals surface area contributed by atoms with Crippen molar-refractivity contribution in [2.75, 3.05) is 13.1 Å². The van der Waals surface area contributed by atoms with Gasteiger partial charge < -0.3 is 15.0 Å². The molecule has 2 atom stereocenters. The summed E-state index contributed by atoms with van der Waals surface area (Å²) in [4.78, 5) is 13.8. The number of rotatable bonds is 1. The molecule has 1 aliphatic rings. The van der Waals surface area contributed by atoms with Gasteiger partial charge in [0.05, 0.1) is 0 Å². The van der Waals surface area contributed by atoms with Gasteiger partial charge in [-0.25, -0.2) is 4.79 Å². The van der Waals surface area contributed by atoms with Crippen molar-refractivity contribution < 1.29 is 9.53 Å². The Kier molecular flexibility index (Phi) is 4.42. The van der Waals surface area contributed by atoms with Crippen molar-refractivity contribution in [2.45, 2.75) is 59.2 Å². The van der Waals surface area contributed by atoms with E-state index in [4.69, 9.17) is 4.74 Å². The number of amides is 1. The zero-order chi connectivity index (χ0) is 13.2. The van der Waals surface area contributed by atoms with E-state index in [1.54, 1.807) is 0 Å². The maximum absolute atomic E-state index is 12.0. The molecule has 0 aliphatic carbocycles. The highest BCUT2D eigenvalue weighted by molar-refractivity contribution is 5.68. The zero-order valence-corrected chi connectivity index (χ0v) is 11.9. The van der Waals surface area contributed by atoms with Crippen molar-refractivity contribution >= 4 is 6.09 Å². The van der Waals surface area contributed by atoms with Gasteiger partial charge in [0.15, 0.2) is 0 Å². The topological polar surface area (TPSA) is 41.6 Å². The lowest BCUT2D eigenvalue weighted by Crippen LogP contribution is -2.59. The quantitative estimate of drug-likeness (QED) is 0.766. The van der Waals surface area contributed by atoms with Crippen LogP contribution in [0.3, 0.4) is 0 Å². The zero-order valence-electron chi connectivity index (χ0n) is 11.9. The lowest BCUT2D eigenvalue weighted by Gasteiger charge is -2.39. The van der Waals surface area contributed by atoms with Crippen molar-refractivity contribution in [1.29, 1.82) is 0 Å². The smallest absolute Gasteiger partial charge is 0.410 e. The maximum Gasteiger partial charge on any atom is 0.410 e. The van der Waals surface area contributed by atoms with Crippen LogP contribution < -0.4 is 5.32 Å². The van der Waals surface area contributed by atoms with Gasteiger partial charge in [-0.3, -0.25) is 0 Å². The van der Waals surface area contributed by atoms with Gasteiger partial charge in [0.2, 0.25) is 0 Å². The SMILES string of the molecule is CC1CN(C(=O)OC(C)(C)C)C[C@@H](C(C)C)N1. The molecule has 0 radical (unpaired) electrons. The van der Waals surface area contributed by atoms with Crippen LogP contribution in [0.1, 0.15) is 41.5 Å². The molecule has 100 valence electrons. The molecule has 17 heavy (non-hydrogen) atoms. The van der Waals surface area contributed by atoms with E-state index in [2.05, 4.69) is 26.1 Å². The Labute approximate surface area is 105 Å². The molecule has 4 heteroatoms. The van der Waals surface area contributed by atoms with Crippen molar-refractivity contribution in [3.63, 3.8) is 0 Å². The minimum absolute atomic E-state index is 0.198. The van der Waals surface area contributed by atoms with Gasteiger partial charge >= 0.3 is 6.09 Å². The molecule has 1 amide bonds. The molecule has 0 saturated carbocycles. The van der Waals surface area contributed by atoms with Crippen LogP contribution >= 0.6 is 0 Å². The molecular formula is C13H26N2O2. The van der Waals surface area contributed by atoms with E-state index in [-0.39, 0.29) is 6.09 Å². The number of nitrogens with zero attached hydrogens (tertiary/aromatic N) is 1. The monoisotopic (exact) mass is 242 g/mol. The van der Waals surface area contributed by atoms with Gasteiger partial charge in [-0.2, -0.15) is 0 Å². The van der Waals surface area contributed by atoms with Crippen molar-refractivity contribution in [2.24, 2.45) is 5.92 Å². The number of ether oxygens (including phenoxy) is 1. The molecule has 1 heterocycles. The van der Waals surface area contributed by atoms with Crippen molar-refractivity contribution in [3.8, 4) is 0 Å². The van der Waals surface area contributed by atoms with Crippen LogP contribution in [0.25, 0.3) is 0 Å². The van der Waals surface area contributed by atoms with Crippen LogP contribution in [0.4, 0.5) is 4.79 Å². The van der Waals surface area contributed by atoms with Crippen LogP contribution in [0.5, 0.6) is 0 Å². The van der Waals surface area contributed by atoms with E-state index in [0.717, 1.165) is 13.1 Å². The molecule has 1 unspecified atom stereocenters. The largest absolute Gasteiger partial charge is 0.444 e. The van der Waals surface area contributed by atoms with E-state index in [9.17, 15) is 4.79 Å². The van der Waals surface area contributed by atoms with Crippen LogP contribution in [0, 0.1) is 5.92 Å². The maximum atomic E-state index is 12.0. The summed E-state index contributed by atoms with van der Waals surface area (Å²) in [5, 5.41) is 3.51. The van der Waals surface area contributed by atoms with E-state index >= 15 is 0 Å². The summed E-state index contributed by atoms with van der Waals surface area (Å²) in [7, 11) is 0. The van der Waals surface area contributed by atoms with E-state index in [1.165, 1.54) is 0 Å². The molecule has 0 aromatic heterocycles. The number of piperazine rings is 1. The molecule has 1 N–H and O–H groups in total. The summed E-state index contributed by atoms with van der Waals surface area (Å²) in [6.45, 7) is 13.6. The Hall–Kier alpha value is -0.770. The number of carbonyl (C=O) groups excluding carboxylic acids is 1. The Bertz CT molecular complexity index is 271. The van der Waals surface area contributed by atoms with Crippen LogP contribution in [0.2, 0.25) is 0 Å². The molecule has 0 aromatic rings. The van der Waals surface area contributed by atoms with Gasteiger partial charge in [0, 0.05) is 25.2 Å². The number of nitrogens with one attached hydrogen (secondary N) is 1. The summed E-state index contributed by atoms with van der Waals surface area (Å²) in [6.07, 6.45) is -0.198. The summed E-state index contributed by atoms with van der Waals surface area (Å²) >= 11 is 0. The third-order valence-corrected chi connectivity index (χ3v) is 2.87. The second-order valence-electron chi connectivity index (χ2n) is 6.30. The fourth-order valence-electron chi connectivity index (χ4n) is 1.99. The number of hydrogen-bond donors (Lipinski definition) is 1. The Morgan fingerprint density at radius 2 is 1.94 bits per heavy atom. The number of hydrogen-bond acceptors (Lipinski definition) is 3. The minimum atomic E-state index is -0.418. The molecule has 0 aromatic carbocycles. The second-order valence-corrected chi connectivity index (χ2v) is 6.30. The Balaban J connectivity index is 2.61. The number of carbonyl (C=O) groups is 1. The highest BCUT2D eigenvalue weighted by atomic mass is 16.6. The molecule has 1 rings (SSSR count). The second kappa shape index (κ2) is 5.25. The summed E-state index contributed by atoms with van der Waals surface area (Å²) in [6, 6.07) is 0.676. The third kappa shape index (κ3) is 4.54. The highest BCUT2D eigenvalue weighted by Crippen LogP contribution is 2.15. The van der Waals surface area contributed by atoms with E-state index < -0.39 is 5.60 Å². The average molecular weight is 242 g/mol. The molecule has 4 nitrogen and oxygen atoms in total.